The topological polar surface area (TPSA) is 108 Å². The third-order valence-corrected chi connectivity index (χ3v) is 10.6. The van der Waals surface area contributed by atoms with E-state index in [0.29, 0.717) is 17.8 Å². The number of aliphatic carboxylic acids is 1. The molecule has 3 heterocycles. The van der Waals surface area contributed by atoms with Gasteiger partial charge in [0.1, 0.15) is 5.82 Å². The Bertz CT molecular complexity index is 1400. The molecule has 1 saturated carbocycles. The second kappa shape index (κ2) is 14.8. The van der Waals surface area contributed by atoms with Crippen molar-refractivity contribution in [2.75, 3.05) is 30.3 Å². The van der Waals surface area contributed by atoms with Gasteiger partial charge in [0.25, 0.3) is 0 Å². The van der Waals surface area contributed by atoms with Crippen molar-refractivity contribution >= 4 is 17.7 Å². The van der Waals surface area contributed by atoms with Crippen LogP contribution in [-0.2, 0) is 24.2 Å². The molecule has 6 rings (SSSR count). The second-order valence-corrected chi connectivity index (χ2v) is 13.5. The molecule has 0 bridgehead atoms. The van der Waals surface area contributed by atoms with E-state index < -0.39 is 5.97 Å². The monoisotopic (exact) mass is 613 g/mol. The highest BCUT2D eigenvalue weighted by Gasteiger charge is 2.32. The highest BCUT2D eigenvalue weighted by atomic mass is 16.4. The number of aryl methyl sites for hydroxylation is 2. The summed E-state index contributed by atoms with van der Waals surface area (Å²) in [6, 6.07) is 11.2. The first-order valence-corrected chi connectivity index (χ1v) is 17.5. The van der Waals surface area contributed by atoms with E-state index in [4.69, 9.17) is 9.97 Å². The number of carboxylic acid groups (broad SMARTS) is 1. The number of piperidine rings is 1. The molecule has 2 aromatic heterocycles. The van der Waals surface area contributed by atoms with Crippen LogP contribution in [0, 0.1) is 11.8 Å². The van der Waals surface area contributed by atoms with Crippen molar-refractivity contribution in [1.82, 2.24) is 24.6 Å². The summed E-state index contributed by atoms with van der Waals surface area (Å²) in [7, 11) is 0. The van der Waals surface area contributed by atoms with Crippen molar-refractivity contribution in [3.8, 4) is 0 Å². The number of carbonyl (C=O) groups is 1. The summed E-state index contributed by atoms with van der Waals surface area (Å²) >= 11 is 0. The van der Waals surface area contributed by atoms with Gasteiger partial charge in [0.2, 0.25) is 5.95 Å². The van der Waals surface area contributed by atoms with Crippen molar-refractivity contribution in [2.45, 2.75) is 109 Å². The number of benzene rings is 1. The summed E-state index contributed by atoms with van der Waals surface area (Å²) in [5.41, 5.74) is 4.96. The zero-order valence-electron chi connectivity index (χ0n) is 27.1. The first-order valence-electron chi connectivity index (χ1n) is 17.5. The number of hydrogen-bond acceptors (Lipinski definition) is 7. The lowest BCUT2D eigenvalue weighted by molar-refractivity contribution is -0.143. The van der Waals surface area contributed by atoms with Crippen LogP contribution in [-0.4, -0.2) is 61.4 Å². The lowest BCUT2D eigenvalue weighted by atomic mass is 9.78. The van der Waals surface area contributed by atoms with E-state index >= 15 is 0 Å². The molecule has 9 nitrogen and oxygen atoms in total. The fourth-order valence-electron chi connectivity index (χ4n) is 7.82. The summed E-state index contributed by atoms with van der Waals surface area (Å²) in [6.45, 7) is 8.37. The Kier molecular flexibility index (Phi) is 10.3. The molecule has 2 fully saturated rings. The Hall–Kier alpha value is -3.46. The molecule has 0 unspecified atom stereocenters. The van der Waals surface area contributed by atoms with Crippen molar-refractivity contribution in [3.05, 3.63) is 65.1 Å². The van der Waals surface area contributed by atoms with Crippen LogP contribution in [0.4, 0.5) is 11.8 Å². The molecule has 242 valence electrons. The third-order valence-electron chi connectivity index (χ3n) is 10.6. The lowest BCUT2D eigenvalue weighted by Gasteiger charge is -2.34. The molecule has 1 aromatic carbocycles. The molecule has 3 N–H and O–H groups in total. The van der Waals surface area contributed by atoms with Crippen LogP contribution in [0.2, 0.25) is 0 Å². The molecule has 9 heteroatoms. The minimum Gasteiger partial charge on any atom is -0.481 e. The Morgan fingerprint density at radius 2 is 1.78 bits per heavy atom. The van der Waals surface area contributed by atoms with Crippen molar-refractivity contribution in [3.63, 3.8) is 0 Å². The summed E-state index contributed by atoms with van der Waals surface area (Å²) in [5, 5.41) is 21.9. The Labute approximate surface area is 268 Å². The van der Waals surface area contributed by atoms with E-state index in [1.54, 1.807) is 0 Å². The van der Waals surface area contributed by atoms with E-state index in [0.717, 1.165) is 89.1 Å². The van der Waals surface area contributed by atoms with Crippen molar-refractivity contribution in [1.29, 1.82) is 0 Å². The molecular weight excluding hydrogens is 562 g/mol. The fraction of sp³-hybridized carbons (Fsp3) is 0.611. The molecule has 3 aromatic rings. The number of nitrogens with one attached hydrogen (secondary N) is 2. The first kappa shape index (κ1) is 31.5. The maximum Gasteiger partial charge on any atom is 0.306 e. The van der Waals surface area contributed by atoms with E-state index in [1.165, 1.54) is 36.0 Å². The van der Waals surface area contributed by atoms with Crippen LogP contribution in [0.25, 0.3) is 0 Å². The zero-order valence-corrected chi connectivity index (χ0v) is 27.1. The predicted molar refractivity (Wildman–Crippen MR) is 179 cm³/mol. The molecule has 1 saturated heterocycles. The fourth-order valence-corrected chi connectivity index (χ4v) is 7.82. The first-order chi connectivity index (χ1) is 22.0. The van der Waals surface area contributed by atoms with Gasteiger partial charge in [-0.2, -0.15) is 10.1 Å². The van der Waals surface area contributed by atoms with Crippen molar-refractivity contribution in [2.24, 2.45) is 11.8 Å². The normalized spacial score (nSPS) is 23.6. The summed E-state index contributed by atoms with van der Waals surface area (Å²) in [6.07, 6.45) is 15.2. The van der Waals surface area contributed by atoms with E-state index in [2.05, 4.69) is 71.0 Å². The molecule has 0 amide bonds. The smallest absolute Gasteiger partial charge is 0.306 e. The van der Waals surface area contributed by atoms with Crippen LogP contribution >= 0.6 is 0 Å². The number of anilines is 2. The molecular formula is C36H51N7O2. The maximum atomic E-state index is 11.6. The summed E-state index contributed by atoms with van der Waals surface area (Å²) < 4.78 is 2.01. The van der Waals surface area contributed by atoms with Gasteiger partial charge < -0.3 is 20.6 Å². The molecule has 2 aliphatic carbocycles. The van der Waals surface area contributed by atoms with Gasteiger partial charge in [-0.1, -0.05) is 43.7 Å². The van der Waals surface area contributed by atoms with Gasteiger partial charge in [0.05, 0.1) is 23.9 Å². The van der Waals surface area contributed by atoms with E-state index in [9.17, 15) is 9.90 Å². The van der Waals surface area contributed by atoms with Gasteiger partial charge in [-0.15, -0.1) is 0 Å². The van der Waals surface area contributed by atoms with Crippen LogP contribution < -0.4 is 10.6 Å². The van der Waals surface area contributed by atoms with Crippen LogP contribution in [0.5, 0.6) is 0 Å². The number of aromatic nitrogens is 4. The molecule has 1 aliphatic heterocycles. The number of rotatable bonds is 12. The molecule has 3 aliphatic rings. The highest BCUT2D eigenvalue weighted by molar-refractivity contribution is 5.70. The SMILES string of the molecule is CC[C@@H](Nc1nc2c(c(N[C@@H](CN3CCCCC3)c3cnn(CC)c3)n1)C[C@H](c1ccccc1)CC2)C1CCC(C(=O)O)CC1. The minimum absolute atomic E-state index is 0.0700. The van der Waals surface area contributed by atoms with Gasteiger partial charge in [-0.25, -0.2) is 4.98 Å². The highest BCUT2D eigenvalue weighted by Crippen LogP contribution is 2.38. The number of carboxylic acids is 1. The average molecular weight is 614 g/mol. The molecule has 45 heavy (non-hydrogen) atoms. The number of likely N-dealkylation sites (tertiary alicyclic amines) is 1. The summed E-state index contributed by atoms with van der Waals surface area (Å²) in [5.74, 6) is 1.65. The predicted octanol–water partition coefficient (Wildman–Crippen LogP) is 6.69. The third kappa shape index (κ3) is 7.68. The summed E-state index contributed by atoms with van der Waals surface area (Å²) in [4.78, 5) is 24.6. The zero-order chi connectivity index (χ0) is 31.2. The molecule has 3 atom stereocenters. The number of hydrogen-bond donors (Lipinski definition) is 3. The standard InChI is InChI=1S/C36H51N7O2/c1-3-31(26-13-15-27(16-14-26)35(44)45)39-36-40-32-18-17-28(25-11-7-5-8-12-25)21-30(32)34(41-36)38-33(24-42-19-9-6-10-20-42)29-22-37-43(4-2)23-29/h5,7-8,11-12,22-23,26-28,31,33H,3-4,6,9-10,13-21,24H2,1-2H3,(H,44,45)(H2,38,39,40,41)/t26?,27?,28-,31-,33+/m1/s1. The minimum atomic E-state index is -0.652. The van der Waals surface area contributed by atoms with Gasteiger partial charge in [-0.05, 0) is 102 Å². The van der Waals surface area contributed by atoms with E-state index in [-0.39, 0.29) is 18.0 Å². The van der Waals surface area contributed by atoms with E-state index in [1.807, 2.05) is 10.9 Å². The van der Waals surface area contributed by atoms with Crippen molar-refractivity contribution < 1.29 is 9.90 Å². The largest absolute Gasteiger partial charge is 0.481 e. The Balaban J connectivity index is 1.30. The number of fused-ring (bicyclic) bond motifs is 1. The Morgan fingerprint density at radius 1 is 1.00 bits per heavy atom. The van der Waals surface area contributed by atoms with Gasteiger partial charge in [0, 0.05) is 36.5 Å². The quantitative estimate of drug-likeness (QED) is 0.208. The van der Waals surface area contributed by atoms with Crippen LogP contribution in [0.3, 0.4) is 0 Å². The average Bonchev–Trinajstić information content (AvgIpc) is 3.57. The van der Waals surface area contributed by atoms with Crippen LogP contribution in [0.1, 0.15) is 106 Å². The maximum absolute atomic E-state index is 11.6. The second-order valence-electron chi connectivity index (χ2n) is 13.5. The Morgan fingerprint density at radius 3 is 2.47 bits per heavy atom. The lowest BCUT2D eigenvalue weighted by Crippen LogP contribution is -2.36. The van der Waals surface area contributed by atoms with Gasteiger partial charge in [-0.3, -0.25) is 9.48 Å². The van der Waals surface area contributed by atoms with Gasteiger partial charge >= 0.3 is 5.97 Å². The molecule has 0 spiro atoms. The van der Waals surface area contributed by atoms with Gasteiger partial charge in [0.15, 0.2) is 0 Å². The molecule has 0 radical (unpaired) electrons. The van der Waals surface area contributed by atoms with Crippen LogP contribution in [0.15, 0.2) is 42.7 Å². The number of nitrogens with zero attached hydrogens (tertiary/aromatic N) is 5.